The molecule has 0 spiro atoms. The number of hydrogen-bond acceptors (Lipinski definition) is 2. The van der Waals surface area contributed by atoms with Crippen LogP contribution in [-0.2, 0) is 9.84 Å². The third-order valence-electron chi connectivity index (χ3n) is 1.54. The van der Waals surface area contributed by atoms with Gasteiger partial charge >= 0.3 is 0 Å². The SMILES string of the molecule is Cc1cc(C#CS(C)(=O)=O)ccc1Cl. The summed E-state index contributed by atoms with van der Waals surface area (Å²) in [5.41, 5.74) is 1.53. The van der Waals surface area contributed by atoms with Crippen molar-refractivity contribution in [3.8, 4) is 11.2 Å². The molecule has 2 nitrogen and oxygen atoms in total. The maximum atomic E-state index is 10.8. The molecule has 0 saturated heterocycles. The molecule has 1 aromatic carbocycles. The minimum atomic E-state index is -3.24. The fourth-order valence-corrected chi connectivity index (χ4v) is 1.29. The molecule has 0 aromatic heterocycles. The van der Waals surface area contributed by atoms with E-state index in [1.807, 2.05) is 6.92 Å². The van der Waals surface area contributed by atoms with Crippen molar-refractivity contribution in [1.29, 1.82) is 0 Å². The lowest BCUT2D eigenvalue weighted by atomic mass is 10.1. The van der Waals surface area contributed by atoms with Crippen LogP contribution in [0.4, 0.5) is 0 Å². The van der Waals surface area contributed by atoms with Crippen LogP contribution in [0.5, 0.6) is 0 Å². The van der Waals surface area contributed by atoms with E-state index in [9.17, 15) is 8.42 Å². The molecule has 1 aromatic rings. The predicted molar refractivity (Wildman–Crippen MR) is 57.9 cm³/mol. The molecular weight excluding hydrogens is 220 g/mol. The van der Waals surface area contributed by atoms with E-state index in [-0.39, 0.29) is 0 Å². The molecule has 0 aliphatic heterocycles. The van der Waals surface area contributed by atoms with E-state index in [0.29, 0.717) is 10.6 Å². The van der Waals surface area contributed by atoms with E-state index in [1.54, 1.807) is 18.2 Å². The fraction of sp³-hybridized carbons (Fsp3) is 0.200. The number of rotatable bonds is 0. The van der Waals surface area contributed by atoms with Crippen molar-refractivity contribution < 1.29 is 8.42 Å². The summed E-state index contributed by atoms with van der Waals surface area (Å²) in [6.45, 7) is 1.84. The molecule has 4 heteroatoms. The molecule has 0 bridgehead atoms. The second kappa shape index (κ2) is 4.04. The first-order valence-electron chi connectivity index (χ1n) is 3.87. The molecule has 0 saturated carbocycles. The predicted octanol–water partition coefficient (Wildman–Crippen LogP) is 2.00. The first-order valence-corrected chi connectivity index (χ1v) is 6.14. The molecule has 0 aliphatic rings. The maximum absolute atomic E-state index is 10.8. The van der Waals surface area contributed by atoms with Gasteiger partial charge < -0.3 is 0 Å². The summed E-state index contributed by atoms with van der Waals surface area (Å²) < 4.78 is 21.5. The van der Waals surface area contributed by atoms with Gasteiger partial charge in [0, 0.05) is 15.8 Å². The monoisotopic (exact) mass is 228 g/mol. The minimum absolute atomic E-state index is 0.648. The summed E-state index contributed by atoms with van der Waals surface area (Å²) in [7, 11) is -3.24. The number of hydrogen-bond donors (Lipinski definition) is 0. The van der Waals surface area contributed by atoms with E-state index in [4.69, 9.17) is 11.6 Å². The molecule has 0 atom stereocenters. The smallest absolute Gasteiger partial charge is 0.214 e. The van der Waals surface area contributed by atoms with Gasteiger partial charge in [-0.05, 0) is 30.7 Å². The number of halogens is 1. The third kappa shape index (κ3) is 3.41. The Morgan fingerprint density at radius 3 is 2.50 bits per heavy atom. The molecule has 1 rings (SSSR count). The topological polar surface area (TPSA) is 34.1 Å². The van der Waals surface area contributed by atoms with E-state index in [2.05, 4.69) is 11.2 Å². The standard InChI is InChI=1S/C10H9ClO2S/c1-8-7-9(3-4-10(8)11)5-6-14(2,12)13/h3-4,7H,1-2H3. The van der Waals surface area contributed by atoms with Crippen LogP contribution < -0.4 is 0 Å². The summed E-state index contributed by atoms with van der Waals surface area (Å²) >= 11 is 5.80. The Bertz CT molecular complexity index is 507. The van der Waals surface area contributed by atoms with Gasteiger partial charge in [0.05, 0.1) is 6.26 Å². The van der Waals surface area contributed by atoms with Crippen molar-refractivity contribution in [3.63, 3.8) is 0 Å². The van der Waals surface area contributed by atoms with Gasteiger partial charge in [-0.3, -0.25) is 0 Å². The van der Waals surface area contributed by atoms with Gasteiger partial charge in [-0.25, -0.2) is 8.42 Å². The Kier molecular flexibility index (Phi) is 3.20. The highest BCUT2D eigenvalue weighted by Crippen LogP contribution is 2.15. The van der Waals surface area contributed by atoms with Gasteiger partial charge in [0.25, 0.3) is 0 Å². The Labute approximate surface area is 88.8 Å². The lowest BCUT2D eigenvalue weighted by molar-refractivity contribution is 0.611. The van der Waals surface area contributed by atoms with Gasteiger partial charge in [0.1, 0.15) is 0 Å². The zero-order valence-electron chi connectivity index (χ0n) is 7.83. The van der Waals surface area contributed by atoms with Crippen molar-refractivity contribution in [1.82, 2.24) is 0 Å². The largest absolute Gasteiger partial charge is 0.216 e. The van der Waals surface area contributed by atoms with Gasteiger partial charge in [0.2, 0.25) is 9.84 Å². The highest BCUT2D eigenvalue weighted by Gasteiger charge is 1.96. The van der Waals surface area contributed by atoms with Crippen LogP contribution in [0.25, 0.3) is 0 Å². The lowest BCUT2D eigenvalue weighted by Gasteiger charge is -1.96. The van der Waals surface area contributed by atoms with Crippen LogP contribution in [-0.4, -0.2) is 14.7 Å². The van der Waals surface area contributed by atoms with Gasteiger partial charge in [-0.2, -0.15) is 0 Å². The third-order valence-corrected chi connectivity index (χ3v) is 2.44. The molecule has 0 fully saturated rings. The fourth-order valence-electron chi connectivity index (χ4n) is 0.874. The molecule has 0 N–H and O–H groups in total. The first kappa shape index (κ1) is 11.1. The average molecular weight is 229 g/mol. The molecule has 74 valence electrons. The first-order chi connectivity index (χ1) is 6.38. The molecule has 0 radical (unpaired) electrons. The van der Waals surface area contributed by atoms with E-state index in [0.717, 1.165) is 11.8 Å². The normalized spacial score (nSPS) is 10.5. The van der Waals surface area contributed by atoms with Gasteiger partial charge in [-0.1, -0.05) is 17.5 Å². The molecule has 0 unspecified atom stereocenters. The van der Waals surface area contributed by atoms with Crippen LogP contribution >= 0.6 is 11.6 Å². The second-order valence-electron chi connectivity index (χ2n) is 2.96. The van der Waals surface area contributed by atoms with E-state index < -0.39 is 9.84 Å². The van der Waals surface area contributed by atoms with Gasteiger partial charge in [0.15, 0.2) is 0 Å². The van der Waals surface area contributed by atoms with E-state index in [1.165, 1.54) is 0 Å². The lowest BCUT2D eigenvalue weighted by Crippen LogP contribution is -1.89. The van der Waals surface area contributed by atoms with Crippen LogP contribution in [0.1, 0.15) is 11.1 Å². The Balaban J connectivity index is 3.10. The van der Waals surface area contributed by atoms with Crippen molar-refractivity contribution >= 4 is 21.4 Å². The van der Waals surface area contributed by atoms with Crippen LogP contribution in [0.15, 0.2) is 18.2 Å². The summed E-state index contributed by atoms with van der Waals surface area (Å²) in [6.07, 6.45) is 1.07. The van der Waals surface area contributed by atoms with Crippen molar-refractivity contribution in [2.24, 2.45) is 0 Å². The highest BCUT2D eigenvalue weighted by molar-refractivity contribution is 7.95. The van der Waals surface area contributed by atoms with Gasteiger partial charge in [-0.15, -0.1) is 0 Å². The maximum Gasteiger partial charge on any atom is 0.214 e. The van der Waals surface area contributed by atoms with Crippen molar-refractivity contribution in [3.05, 3.63) is 34.3 Å². The Hall–Kier alpha value is -0.980. The number of benzene rings is 1. The van der Waals surface area contributed by atoms with Crippen LogP contribution in [0.2, 0.25) is 5.02 Å². The van der Waals surface area contributed by atoms with E-state index >= 15 is 0 Å². The zero-order valence-corrected chi connectivity index (χ0v) is 9.41. The summed E-state index contributed by atoms with van der Waals surface area (Å²) in [6, 6.07) is 5.14. The minimum Gasteiger partial charge on any atom is -0.216 e. The average Bonchev–Trinajstić information content (AvgIpc) is 2.06. The molecule has 0 amide bonds. The number of aryl methyl sites for hydroxylation is 1. The summed E-state index contributed by atoms with van der Waals surface area (Å²) in [4.78, 5) is 0. The Morgan fingerprint density at radius 1 is 1.36 bits per heavy atom. The molecule has 14 heavy (non-hydrogen) atoms. The quantitative estimate of drug-likeness (QED) is 0.637. The van der Waals surface area contributed by atoms with Crippen LogP contribution in [0.3, 0.4) is 0 Å². The molecule has 0 heterocycles. The zero-order chi connectivity index (χ0) is 10.8. The van der Waals surface area contributed by atoms with Crippen molar-refractivity contribution in [2.75, 3.05) is 6.26 Å². The van der Waals surface area contributed by atoms with Crippen LogP contribution in [0, 0.1) is 18.1 Å². The summed E-state index contributed by atoms with van der Waals surface area (Å²) in [5, 5.41) is 2.81. The number of sulfone groups is 1. The molecular formula is C10H9ClO2S. The van der Waals surface area contributed by atoms with Crippen molar-refractivity contribution in [2.45, 2.75) is 6.92 Å². The summed E-state index contributed by atoms with van der Waals surface area (Å²) in [5.74, 6) is 2.56. The highest BCUT2D eigenvalue weighted by atomic mass is 35.5. The molecule has 0 aliphatic carbocycles. The Morgan fingerprint density at radius 2 is 2.00 bits per heavy atom. The second-order valence-corrected chi connectivity index (χ2v) is 5.12.